The summed E-state index contributed by atoms with van der Waals surface area (Å²) in [6, 6.07) is 11.9. The predicted octanol–water partition coefficient (Wildman–Crippen LogP) is 5.07. The summed E-state index contributed by atoms with van der Waals surface area (Å²) in [5.41, 5.74) is 0.962. The highest BCUT2D eigenvalue weighted by atomic mass is 32.1. The van der Waals surface area contributed by atoms with Gasteiger partial charge in [-0.3, -0.25) is 0 Å². The average molecular weight is 346 g/mol. The standard InChI is InChI=1S/C18H12F2O3S/c1-23-15-9-13(10-7-4-8-14(19)16(10)20)17(24-15)11-5-2-3-6-12(11)18(21)22/h2-9H,1H3,(H,21,22). The van der Waals surface area contributed by atoms with Crippen molar-refractivity contribution in [1.29, 1.82) is 0 Å². The molecule has 0 atom stereocenters. The summed E-state index contributed by atoms with van der Waals surface area (Å²) in [5.74, 6) is -3.04. The monoisotopic (exact) mass is 346 g/mol. The van der Waals surface area contributed by atoms with Gasteiger partial charge < -0.3 is 9.84 Å². The molecule has 0 fully saturated rings. The van der Waals surface area contributed by atoms with E-state index in [-0.39, 0.29) is 11.1 Å². The van der Waals surface area contributed by atoms with Gasteiger partial charge in [-0.25, -0.2) is 13.6 Å². The lowest BCUT2D eigenvalue weighted by atomic mass is 9.99. The minimum atomic E-state index is -1.09. The van der Waals surface area contributed by atoms with Crippen LogP contribution in [-0.4, -0.2) is 18.2 Å². The number of hydrogen-bond acceptors (Lipinski definition) is 3. The third-order valence-corrected chi connectivity index (χ3v) is 4.68. The average Bonchev–Trinajstić information content (AvgIpc) is 3.01. The Hall–Kier alpha value is -2.73. The van der Waals surface area contributed by atoms with Crippen molar-refractivity contribution in [2.45, 2.75) is 0 Å². The van der Waals surface area contributed by atoms with Crippen molar-refractivity contribution in [3.8, 4) is 26.6 Å². The molecule has 0 saturated carbocycles. The molecule has 1 heterocycles. The highest BCUT2D eigenvalue weighted by molar-refractivity contribution is 7.18. The molecule has 3 rings (SSSR count). The van der Waals surface area contributed by atoms with Gasteiger partial charge in [0.25, 0.3) is 0 Å². The van der Waals surface area contributed by atoms with Gasteiger partial charge in [0.1, 0.15) is 0 Å². The molecule has 2 aromatic carbocycles. The van der Waals surface area contributed by atoms with Crippen LogP contribution in [0.4, 0.5) is 8.78 Å². The Bertz CT molecular complexity index is 918. The van der Waals surface area contributed by atoms with Gasteiger partial charge in [0.15, 0.2) is 16.7 Å². The van der Waals surface area contributed by atoms with E-state index in [2.05, 4.69) is 0 Å². The van der Waals surface area contributed by atoms with Crippen LogP contribution in [0.5, 0.6) is 5.06 Å². The van der Waals surface area contributed by atoms with Gasteiger partial charge in [-0.05, 0) is 12.1 Å². The SMILES string of the molecule is COc1cc(-c2cccc(F)c2F)c(-c2ccccc2C(=O)O)s1. The first-order valence-electron chi connectivity index (χ1n) is 6.98. The first-order valence-corrected chi connectivity index (χ1v) is 7.79. The number of thiophene rings is 1. The van der Waals surface area contributed by atoms with Crippen molar-refractivity contribution < 1.29 is 23.4 Å². The van der Waals surface area contributed by atoms with E-state index >= 15 is 0 Å². The van der Waals surface area contributed by atoms with Crippen molar-refractivity contribution in [3.63, 3.8) is 0 Å². The van der Waals surface area contributed by atoms with Crippen molar-refractivity contribution >= 4 is 17.3 Å². The fourth-order valence-electron chi connectivity index (χ4n) is 2.45. The van der Waals surface area contributed by atoms with E-state index in [1.54, 1.807) is 24.3 Å². The maximum atomic E-state index is 14.2. The highest BCUT2D eigenvalue weighted by Gasteiger charge is 2.21. The summed E-state index contributed by atoms with van der Waals surface area (Å²) < 4.78 is 33.0. The molecule has 0 aliphatic carbocycles. The lowest BCUT2D eigenvalue weighted by molar-refractivity contribution is 0.0698. The van der Waals surface area contributed by atoms with Gasteiger partial charge in [0.2, 0.25) is 0 Å². The Labute approximate surface area is 140 Å². The molecule has 0 aliphatic heterocycles. The summed E-state index contributed by atoms with van der Waals surface area (Å²) in [4.78, 5) is 12.0. The lowest BCUT2D eigenvalue weighted by Gasteiger charge is -2.08. The van der Waals surface area contributed by atoms with E-state index in [9.17, 15) is 18.7 Å². The van der Waals surface area contributed by atoms with Crippen molar-refractivity contribution in [2.24, 2.45) is 0 Å². The van der Waals surface area contributed by atoms with Crippen LogP contribution in [0.3, 0.4) is 0 Å². The second-order valence-corrected chi connectivity index (χ2v) is 5.98. The summed E-state index contributed by atoms with van der Waals surface area (Å²) in [7, 11) is 1.46. The van der Waals surface area contributed by atoms with Gasteiger partial charge in [-0.2, -0.15) is 0 Å². The van der Waals surface area contributed by atoms with Crippen molar-refractivity contribution in [2.75, 3.05) is 7.11 Å². The molecule has 0 spiro atoms. The van der Waals surface area contributed by atoms with Crippen molar-refractivity contribution in [3.05, 3.63) is 65.7 Å². The number of halogens is 2. The zero-order chi connectivity index (χ0) is 17.3. The van der Waals surface area contributed by atoms with Crippen LogP contribution in [-0.2, 0) is 0 Å². The topological polar surface area (TPSA) is 46.5 Å². The number of carboxylic acids is 1. The van der Waals surface area contributed by atoms with Crippen LogP contribution in [0.25, 0.3) is 21.6 Å². The van der Waals surface area contributed by atoms with Crippen LogP contribution in [0.1, 0.15) is 10.4 Å². The lowest BCUT2D eigenvalue weighted by Crippen LogP contribution is -1.99. The maximum Gasteiger partial charge on any atom is 0.336 e. The molecule has 0 radical (unpaired) electrons. The summed E-state index contributed by atoms with van der Waals surface area (Å²) in [6.45, 7) is 0. The molecule has 6 heteroatoms. The highest BCUT2D eigenvalue weighted by Crippen LogP contribution is 2.44. The molecule has 0 saturated heterocycles. The van der Waals surface area contributed by atoms with Crippen LogP contribution >= 0.6 is 11.3 Å². The minimum Gasteiger partial charge on any atom is -0.487 e. The molecule has 0 bridgehead atoms. The molecule has 1 N–H and O–H groups in total. The first kappa shape index (κ1) is 16.1. The number of methoxy groups -OCH3 is 1. The molecule has 3 nitrogen and oxygen atoms in total. The van der Waals surface area contributed by atoms with Gasteiger partial charge >= 0.3 is 5.97 Å². The van der Waals surface area contributed by atoms with Gasteiger partial charge in [-0.15, -0.1) is 0 Å². The fraction of sp³-hybridized carbons (Fsp3) is 0.0556. The smallest absolute Gasteiger partial charge is 0.336 e. The Kier molecular flexibility index (Phi) is 4.31. The number of hydrogen-bond donors (Lipinski definition) is 1. The minimum absolute atomic E-state index is 0.0599. The molecular weight excluding hydrogens is 334 g/mol. The summed E-state index contributed by atoms with van der Waals surface area (Å²) >= 11 is 1.18. The largest absolute Gasteiger partial charge is 0.487 e. The molecular formula is C18H12F2O3S. The molecule has 1 aromatic heterocycles. The number of benzene rings is 2. The van der Waals surface area contributed by atoms with Crippen LogP contribution in [0.2, 0.25) is 0 Å². The zero-order valence-corrected chi connectivity index (χ0v) is 13.4. The molecule has 0 amide bonds. The third kappa shape index (κ3) is 2.76. The van der Waals surface area contributed by atoms with E-state index in [1.807, 2.05) is 0 Å². The summed E-state index contributed by atoms with van der Waals surface area (Å²) in [6.07, 6.45) is 0. The molecule has 24 heavy (non-hydrogen) atoms. The first-order chi connectivity index (χ1) is 11.5. The maximum absolute atomic E-state index is 14.2. The van der Waals surface area contributed by atoms with Gasteiger partial charge in [0, 0.05) is 27.6 Å². The predicted molar refractivity (Wildman–Crippen MR) is 88.6 cm³/mol. The Balaban J connectivity index is 2.29. The fourth-order valence-corrected chi connectivity index (χ4v) is 3.48. The number of rotatable bonds is 4. The van der Waals surface area contributed by atoms with E-state index in [0.717, 1.165) is 6.07 Å². The van der Waals surface area contributed by atoms with Crippen molar-refractivity contribution in [1.82, 2.24) is 0 Å². The van der Waals surface area contributed by atoms with Crippen LogP contribution in [0, 0.1) is 11.6 Å². The number of ether oxygens (including phenoxy) is 1. The van der Waals surface area contributed by atoms with E-state index in [4.69, 9.17) is 4.74 Å². The second-order valence-electron chi connectivity index (χ2n) is 4.96. The van der Waals surface area contributed by atoms with Crippen LogP contribution < -0.4 is 4.74 Å². The number of carbonyl (C=O) groups is 1. The van der Waals surface area contributed by atoms with E-state index < -0.39 is 17.6 Å². The molecule has 3 aromatic rings. The number of aromatic carboxylic acids is 1. The van der Waals surface area contributed by atoms with E-state index in [1.165, 1.54) is 36.6 Å². The van der Waals surface area contributed by atoms with Crippen LogP contribution in [0.15, 0.2) is 48.5 Å². The third-order valence-electron chi connectivity index (χ3n) is 3.55. The molecule has 122 valence electrons. The quantitative estimate of drug-likeness (QED) is 0.718. The number of carboxylic acid groups (broad SMARTS) is 1. The van der Waals surface area contributed by atoms with E-state index in [0.29, 0.717) is 21.1 Å². The Morgan fingerprint density at radius 2 is 1.75 bits per heavy atom. The molecule has 0 unspecified atom stereocenters. The van der Waals surface area contributed by atoms with Gasteiger partial charge in [0.05, 0.1) is 12.7 Å². The molecule has 0 aliphatic rings. The summed E-state index contributed by atoms with van der Waals surface area (Å²) in [5, 5.41) is 9.87. The Morgan fingerprint density at radius 1 is 1.04 bits per heavy atom. The van der Waals surface area contributed by atoms with Gasteiger partial charge in [-0.1, -0.05) is 41.7 Å². The zero-order valence-electron chi connectivity index (χ0n) is 12.5. The second kappa shape index (κ2) is 6.41. The Morgan fingerprint density at radius 3 is 2.46 bits per heavy atom. The normalized spacial score (nSPS) is 10.6.